The summed E-state index contributed by atoms with van der Waals surface area (Å²) in [6, 6.07) is 5.23. The maximum absolute atomic E-state index is 16.1. The van der Waals surface area contributed by atoms with Gasteiger partial charge in [0, 0.05) is 55.4 Å². The Morgan fingerprint density at radius 3 is 2.08 bits per heavy atom. The maximum Gasteiger partial charge on any atom is 0.276 e. The number of amides is 2. The van der Waals surface area contributed by atoms with Crippen molar-refractivity contribution in [2.45, 2.75) is 105 Å². The third kappa shape index (κ3) is 7.13. The molecule has 4 aliphatic heterocycles. The van der Waals surface area contributed by atoms with Crippen molar-refractivity contribution in [3.63, 3.8) is 0 Å². The Morgan fingerprint density at radius 2 is 1.44 bits per heavy atom. The van der Waals surface area contributed by atoms with Gasteiger partial charge in [-0.05, 0) is 68.9 Å². The quantitative estimate of drug-likeness (QED) is 0.174. The van der Waals surface area contributed by atoms with Gasteiger partial charge in [-0.25, -0.2) is 18.1 Å². The van der Waals surface area contributed by atoms with E-state index < -0.39 is 35.0 Å². The van der Waals surface area contributed by atoms with Gasteiger partial charge in [-0.15, -0.1) is 5.92 Å². The number of rotatable bonds is 9. The largest absolute Gasteiger partial charge is 0.478 e. The monoisotopic (exact) mass is 850 g/mol. The Labute approximate surface area is 349 Å². The van der Waals surface area contributed by atoms with Crippen LogP contribution in [-0.4, -0.2) is 49.3 Å². The lowest BCUT2D eigenvalue weighted by atomic mass is 9.80. The average Bonchev–Trinajstić information content (AvgIpc) is 3.59. The zero-order valence-corrected chi connectivity index (χ0v) is 35.1. The minimum absolute atomic E-state index is 0.0122. The summed E-state index contributed by atoms with van der Waals surface area (Å²) in [4.78, 5) is 56.3. The second-order valence-electron chi connectivity index (χ2n) is 16.6. The highest BCUT2D eigenvalue weighted by atomic mass is 35.5. The molecule has 0 spiro atoms. The average molecular weight is 852 g/mol. The fraction of sp³-hybridized carbons (Fsp3) is 0.488. The van der Waals surface area contributed by atoms with Gasteiger partial charge in [-0.2, -0.15) is 0 Å². The maximum atomic E-state index is 16.1. The summed E-state index contributed by atoms with van der Waals surface area (Å²) < 4.78 is 50.5. The molecule has 0 radical (unpaired) electrons. The number of hydrogen-bond acceptors (Lipinski definition) is 6. The molecule has 312 valence electrons. The molecule has 0 aliphatic carbocycles. The molecule has 0 saturated heterocycles. The van der Waals surface area contributed by atoms with E-state index in [2.05, 4.69) is 17.2 Å². The number of nitrogens with zero attached hydrogens (tertiary/aromatic N) is 5. The molecule has 59 heavy (non-hydrogen) atoms. The zero-order valence-electron chi connectivity index (χ0n) is 33.5. The van der Waals surface area contributed by atoms with Crippen LogP contribution in [0.2, 0.25) is 10.3 Å². The van der Waals surface area contributed by atoms with Crippen molar-refractivity contribution in [3.8, 4) is 45.6 Å². The number of anilines is 2. The number of carbonyl (C=O) groups excluding carboxylic acids is 2. The van der Waals surface area contributed by atoms with Gasteiger partial charge in [0.05, 0.1) is 29.0 Å². The lowest BCUT2D eigenvalue weighted by Crippen LogP contribution is -2.51. The molecular weight excluding hydrogens is 805 g/mol. The number of benzene rings is 2. The van der Waals surface area contributed by atoms with E-state index in [4.69, 9.17) is 32.7 Å². The smallest absolute Gasteiger partial charge is 0.276 e. The number of ether oxygens (including phenoxy) is 2. The van der Waals surface area contributed by atoms with E-state index >= 15 is 8.78 Å². The summed E-state index contributed by atoms with van der Waals surface area (Å²) in [5.74, 6) is 3.65. The first-order chi connectivity index (χ1) is 28.2. The van der Waals surface area contributed by atoms with Gasteiger partial charge in [0.25, 0.3) is 22.9 Å². The van der Waals surface area contributed by atoms with Crippen molar-refractivity contribution in [2.75, 3.05) is 16.8 Å². The Hall–Kier alpha value is -5.00. The third-order valence-corrected chi connectivity index (χ3v) is 12.8. The highest BCUT2D eigenvalue weighted by Crippen LogP contribution is 2.44. The van der Waals surface area contributed by atoms with Gasteiger partial charge >= 0.3 is 0 Å². The molecule has 0 fully saturated rings. The van der Waals surface area contributed by atoms with Crippen LogP contribution in [0.3, 0.4) is 0 Å². The van der Waals surface area contributed by atoms with Crippen molar-refractivity contribution in [1.82, 2.24) is 18.7 Å². The normalized spacial score (nSPS) is 20.2. The molecule has 2 aromatic heterocycles. The molecule has 1 N–H and O–H groups in total. The number of fused-ring (bicyclic) bond motifs is 4. The highest BCUT2D eigenvalue weighted by molar-refractivity contribution is 6.32. The van der Waals surface area contributed by atoms with E-state index in [-0.39, 0.29) is 104 Å². The highest BCUT2D eigenvalue weighted by Gasteiger charge is 2.43. The van der Waals surface area contributed by atoms with Crippen LogP contribution >= 0.6 is 23.2 Å². The first kappa shape index (κ1) is 40.8. The van der Waals surface area contributed by atoms with Crippen LogP contribution in [0.15, 0.2) is 33.9 Å². The molecule has 4 unspecified atom stereocenters. The fourth-order valence-corrected chi connectivity index (χ4v) is 9.66. The Balaban J connectivity index is 1.07. The van der Waals surface area contributed by atoms with Gasteiger partial charge in [0.15, 0.2) is 12.2 Å². The van der Waals surface area contributed by atoms with Crippen molar-refractivity contribution in [2.24, 2.45) is 23.7 Å². The van der Waals surface area contributed by atoms with Crippen LogP contribution in [0.5, 0.6) is 11.5 Å². The van der Waals surface area contributed by atoms with E-state index in [0.29, 0.717) is 38.9 Å². The second kappa shape index (κ2) is 15.9. The molecule has 0 bridgehead atoms. The standard InChI is InChI=1S/C43H46Cl2F2N6O6/c1-6-7-11-49-31-18-27(36-38(44)50-12-8-9-13-52(50)41(36)55)29(47)20-33(31)59-37(43(49)57)25(23(4)5)16-24-10-14-51-39(45)35(42(56)53(51)21-24)26-17-30-32(19-28(26)46)58-34(15-22(2)3)40(54)48-30/h17-20,22-25,34,37H,8-16,21H2,1-5H3,(H,48,54). The van der Waals surface area contributed by atoms with Gasteiger partial charge in [0.1, 0.15) is 33.4 Å². The predicted molar refractivity (Wildman–Crippen MR) is 221 cm³/mol. The molecule has 4 aliphatic rings. The van der Waals surface area contributed by atoms with Crippen molar-refractivity contribution >= 4 is 46.4 Å². The molecule has 0 saturated carbocycles. The van der Waals surface area contributed by atoms with Crippen LogP contribution < -0.4 is 30.8 Å². The van der Waals surface area contributed by atoms with E-state index in [1.165, 1.54) is 38.5 Å². The topological polar surface area (TPSA) is 122 Å². The number of carbonyl (C=O) groups is 2. The van der Waals surface area contributed by atoms with Gasteiger partial charge < -0.3 is 14.8 Å². The Morgan fingerprint density at radius 1 is 0.814 bits per heavy atom. The second-order valence-corrected chi connectivity index (χ2v) is 17.4. The van der Waals surface area contributed by atoms with Crippen LogP contribution in [0.1, 0.15) is 66.7 Å². The molecule has 12 nitrogen and oxygen atoms in total. The van der Waals surface area contributed by atoms with Gasteiger partial charge in [-0.3, -0.25) is 33.4 Å². The van der Waals surface area contributed by atoms with Crippen LogP contribution in [0.25, 0.3) is 22.3 Å². The van der Waals surface area contributed by atoms with Crippen LogP contribution in [0.4, 0.5) is 20.2 Å². The SMILES string of the molecule is CC#CCN1C(=O)C(C(CC2CCn3c(Cl)c(-c4cc5c(cc4F)OC(CC(C)C)C(=O)N5)c(=O)n3C2)C(C)C)Oc2cc(F)c(-c3c(Cl)n4n(c3=O)CCCC4)cc21. The Kier molecular flexibility index (Phi) is 11.0. The van der Waals surface area contributed by atoms with E-state index in [0.717, 1.165) is 12.8 Å². The molecule has 16 heteroatoms. The third-order valence-electron chi connectivity index (χ3n) is 12.0. The lowest BCUT2D eigenvalue weighted by molar-refractivity contribution is -0.130. The number of halogens is 4. The first-order valence-electron chi connectivity index (χ1n) is 20.2. The van der Waals surface area contributed by atoms with E-state index in [1.807, 2.05) is 27.7 Å². The molecule has 8 rings (SSSR count). The summed E-state index contributed by atoms with van der Waals surface area (Å²) in [6.45, 7) is 11.2. The summed E-state index contributed by atoms with van der Waals surface area (Å²) >= 11 is 13.5. The van der Waals surface area contributed by atoms with Crippen LogP contribution in [0, 0.1) is 47.1 Å². The fourth-order valence-electron chi connectivity index (χ4n) is 8.94. The number of hydrogen-bond donors (Lipinski definition) is 1. The zero-order chi connectivity index (χ0) is 42.0. The van der Waals surface area contributed by atoms with E-state index in [9.17, 15) is 19.2 Å². The summed E-state index contributed by atoms with van der Waals surface area (Å²) in [5.41, 5.74) is -0.392. The van der Waals surface area contributed by atoms with E-state index in [1.54, 1.807) is 16.3 Å². The molecular formula is C43H46Cl2F2N6O6. The van der Waals surface area contributed by atoms with Crippen molar-refractivity contribution in [1.29, 1.82) is 0 Å². The molecule has 4 atom stereocenters. The molecule has 2 amide bonds. The van der Waals surface area contributed by atoms with Crippen LogP contribution in [-0.2, 0) is 35.8 Å². The predicted octanol–water partition coefficient (Wildman–Crippen LogP) is 7.57. The lowest BCUT2D eigenvalue weighted by Gasteiger charge is -2.40. The summed E-state index contributed by atoms with van der Waals surface area (Å²) in [7, 11) is 0. The number of aromatic nitrogens is 4. The molecule has 4 aromatic rings. The summed E-state index contributed by atoms with van der Waals surface area (Å²) in [5, 5.41) is 3.02. The Bertz CT molecular complexity index is 2560. The first-order valence-corrected chi connectivity index (χ1v) is 20.9. The van der Waals surface area contributed by atoms with Crippen molar-refractivity contribution in [3.05, 3.63) is 66.9 Å². The summed E-state index contributed by atoms with van der Waals surface area (Å²) in [6.07, 6.45) is 1.42. The van der Waals surface area contributed by atoms with Gasteiger partial charge in [0.2, 0.25) is 0 Å². The minimum Gasteiger partial charge on any atom is -0.478 e. The number of nitrogens with one attached hydrogen (secondary N) is 1. The molecule has 2 aromatic carbocycles. The minimum atomic E-state index is -1.01. The van der Waals surface area contributed by atoms with Gasteiger partial charge in [-0.1, -0.05) is 56.8 Å². The van der Waals surface area contributed by atoms with Crippen molar-refractivity contribution < 1.29 is 27.8 Å². The molecule has 6 heterocycles.